The molecule has 0 saturated heterocycles. The molecule has 0 fully saturated rings. The summed E-state index contributed by atoms with van der Waals surface area (Å²) >= 11 is 0. The van der Waals surface area contributed by atoms with E-state index < -0.39 is 0 Å². The largest absolute Gasteiger partial charge is 0.411 e. The Balaban J connectivity index is 2.55. The van der Waals surface area contributed by atoms with Crippen LogP contribution in [0.2, 0.25) is 0 Å². The molecule has 0 heterocycles. The minimum atomic E-state index is 0.820. The minimum Gasteiger partial charge on any atom is -0.411 e. The van der Waals surface area contributed by atoms with Crippen LogP contribution in [0.3, 0.4) is 0 Å². The third-order valence-electron chi connectivity index (χ3n) is 2.08. The van der Waals surface area contributed by atoms with E-state index in [9.17, 15) is 0 Å². The standard InChI is InChI=1S/C9H9NO/c11-10-9-6-5-7-3-1-2-4-8(7)9/h1-4,11H,5-6H2/b10-9-. The molecular formula is C9H9NO. The molecule has 0 bridgehead atoms. The van der Waals surface area contributed by atoms with E-state index in [2.05, 4.69) is 11.2 Å². The van der Waals surface area contributed by atoms with Crippen molar-refractivity contribution in [1.29, 1.82) is 0 Å². The van der Waals surface area contributed by atoms with Crippen LogP contribution in [0.15, 0.2) is 29.4 Å². The van der Waals surface area contributed by atoms with Gasteiger partial charge in [-0.1, -0.05) is 29.4 Å². The first-order valence-electron chi connectivity index (χ1n) is 3.71. The Kier molecular flexibility index (Phi) is 1.39. The van der Waals surface area contributed by atoms with Crippen molar-refractivity contribution in [3.8, 4) is 0 Å². The van der Waals surface area contributed by atoms with E-state index in [-0.39, 0.29) is 0 Å². The molecule has 0 saturated carbocycles. The fourth-order valence-electron chi connectivity index (χ4n) is 1.51. The fraction of sp³-hybridized carbons (Fsp3) is 0.222. The molecule has 2 heteroatoms. The number of hydrogen-bond acceptors (Lipinski definition) is 2. The Bertz CT molecular complexity index is 304. The van der Waals surface area contributed by atoms with E-state index in [0.29, 0.717) is 0 Å². The number of oxime groups is 1. The number of nitrogens with zero attached hydrogens (tertiary/aromatic N) is 1. The highest BCUT2D eigenvalue weighted by Gasteiger charge is 2.16. The average Bonchev–Trinajstić information content (AvgIpc) is 2.47. The van der Waals surface area contributed by atoms with Gasteiger partial charge >= 0.3 is 0 Å². The van der Waals surface area contributed by atoms with E-state index in [1.54, 1.807) is 0 Å². The topological polar surface area (TPSA) is 32.6 Å². The summed E-state index contributed by atoms with van der Waals surface area (Å²) in [5.74, 6) is 0. The molecule has 1 aliphatic rings. The minimum absolute atomic E-state index is 0.820. The van der Waals surface area contributed by atoms with Crippen LogP contribution in [0.4, 0.5) is 0 Å². The first-order valence-corrected chi connectivity index (χ1v) is 3.71. The maximum atomic E-state index is 8.60. The summed E-state index contributed by atoms with van der Waals surface area (Å²) in [5.41, 5.74) is 3.22. The van der Waals surface area contributed by atoms with Crippen LogP contribution in [0, 0.1) is 0 Å². The van der Waals surface area contributed by atoms with Crippen LogP contribution in [0.5, 0.6) is 0 Å². The summed E-state index contributed by atoms with van der Waals surface area (Å²) in [6, 6.07) is 8.05. The summed E-state index contributed by atoms with van der Waals surface area (Å²) < 4.78 is 0. The van der Waals surface area contributed by atoms with Gasteiger partial charge in [-0.05, 0) is 18.4 Å². The van der Waals surface area contributed by atoms with Gasteiger partial charge in [0.2, 0.25) is 0 Å². The summed E-state index contributed by atoms with van der Waals surface area (Å²) in [6.45, 7) is 0. The first-order chi connectivity index (χ1) is 5.42. The smallest absolute Gasteiger partial charge is 0.0873 e. The van der Waals surface area contributed by atoms with Gasteiger partial charge in [-0.15, -0.1) is 0 Å². The Morgan fingerprint density at radius 1 is 1.18 bits per heavy atom. The Morgan fingerprint density at radius 3 is 2.82 bits per heavy atom. The van der Waals surface area contributed by atoms with E-state index in [1.165, 1.54) is 5.56 Å². The maximum absolute atomic E-state index is 8.60. The van der Waals surface area contributed by atoms with Crippen LogP contribution in [-0.4, -0.2) is 10.9 Å². The highest BCUT2D eigenvalue weighted by molar-refractivity contribution is 6.04. The monoisotopic (exact) mass is 147 g/mol. The van der Waals surface area contributed by atoms with Crippen molar-refractivity contribution in [3.63, 3.8) is 0 Å². The van der Waals surface area contributed by atoms with Gasteiger partial charge < -0.3 is 5.21 Å². The SMILES string of the molecule is O/N=C1/CCc2ccccc21. The van der Waals surface area contributed by atoms with E-state index >= 15 is 0 Å². The highest BCUT2D eigenvalue weighted by atomic mass is 16.4. The zero-order chi connectivity index (χ0) is 7.68. The number of aryl methyl sites for hydroxylation is 1. The predicted octanol–water partition coefficient (Wildman–Crippen LogP) is 1.81. The molecule has 0 aromatic heterocycles. The normalized spacial score (nSPS) is 18.7. The Hall–Kier alpha value is -1.31. The second-order valence-corrected chi connectivity index (χ2v) is 2.70. The van der Waals surface area contributed by atoms with Crippen molar-refractivity contribution < 1.29 is 5.21 Å². The van der Waals surface area contributed by atoms with Crippen LogP contribution in [0.1, 0.15) is 17.5 Å². The predicted molar refractivity (Wildman–Crippen MR) is 43.1 cm³/mol. The third kappa shape index (κ3) is 0.909. The van der Waals surface area contributed by atoms with Gasteiger partial charge in [0.05, 0.1) is 5.71 Å². The van der Waals surface area contributed by atoms with Crippen molar-refractivity contribution in [2.75, 3.05) is 0 Å². The molecule has 0 unspecified atom stereocenters. The van der Waals surface area contributed by atoms with Gasteiger partial charge in [0.25, 0.3) is 0 Å². The van der Waals surface area contributed by atoms with E-state index in [1.807, 2.05) is 18.2 Å². The second-order valence-electron chi connectivity index (χ2n) is 2.70. The Labute approximate surface area is 65.2 Å². The molecule has 0 amide bonds. The second kappa shape index (κ2) is 2.38. The van der Waals surface area contributed by atoms with Crippen molar-refractivity contribution in [2.45, 2.75) is 12.8 Å². The molecule has 2 rings (SSSR count). The van der Waals surface area contributed by atoms with E-state index in [0.717, 1.165) is 24.1 Å². The lowest BCUT2D eigenvalue weighted by molar-refractivity contribution is 0.318. The van der Waals surface area contributed by atoms with Crippen LogP contribution in [0.25, 0.3) is 0 Å². The van der Waals surface area contributed by atoms with Gasteiger partial charge in [0, 0.05) is 5.56 Å². The molecule has 2 nitrogen and oxygen atoms in total. The molecule has 1 aliphatic carbocycles. The first kappa shape index (κ1) is 6.40. The molecule has 0 spiro atoms. The molecule has 0 aliphatic heterocycles. The molecule has 1 aromatic carbocycles. The van der Waals surface area contributed by atoms with Crippen LogP contribution in [-0.2, 0) is 6.42 Å². The molecule has 1 aromatic rings. The van der Waals surface area contributed by atoms with Crippen molar-refractivity contribution in [2.24, 2.45) is 5.16 Å². The summed E-state index contributed by atoms with van der Waals surface area (Å²) in [4.78, 5) is 0. The molecular weight excluding hydrogens is 138 g/mol. The number of rotatable bonds is 0. The lowest BCUT2D eigenvalue weighted by Gasteiger charge is -1.94. The van der Waals surface area contributed by atoms with Crippen molar-refractivity contribution >= 4 is 5.71 Å². The molecule has 0 radical (unpaired) electrons. The Morgan fingerprint density at radius 2 is 2.00 bits per heavy atom. The van der Waals surface area contributed by atoms with Gasteiger partial charge in [0.15, 0.2) is 0 Å². The van der Waals surface area contributed by atoms with Crippen LogP contribution < -0.4 is 0 Å². The maximum Gasteiger partial charge on any atom is 0.0873 e. The number of hydrogen-bond donors (Lipinski definition) is 1. The third-order valence-corrected chi connectivity index (χ3v) is 2.08. The lowest BCUT2D eigenvalue weighted by atomic mass is 10.1. The molecule has 1 N–H and O–H groups in total. The van der Waals surface area contributed by atoms with Gasteiger partial charge in [-0.25, -0.2) is 0 Å². The van der Waals surface area contributed by atoms with Crippen LogP contribution >= 0.6 is 0 Å². The quantitative estimate of drug-likeness (QED) is 0.440. The van der Waals surface area contributed by atoms with E-state index in [4.69, 9.17) is 5.21 Å². The summed E-state index contributed by atoms with van der Waals surface area (Å²) in [7, 11) is 0. The molecule has 11 heavy (non-hydrogen) atoms. The molecule has 0 atom stereocenters. The molecule has 56 valence electrons. The zero-order valence-electron chi connectivity index (χ0n) is 6.12. The van der Waals surface area contributed by atoms with Crippen molar-refractivity contribution in [1.82, 2.24) is 0 Å². The zero-order valence-corrected chi connectivity index (χ0v) is 6.12. The van der Waals surface area contributed by atoms with Gasteiger partial charge in [0.1, 0.15) is 0 Å². The number of fused-ring (bicyclic) bond motifs is 1. The summed E-state index contributed by atoms with van der Waals surface area (Å²) in [5, 5.41) is 11.8. The van der Waals surface area contributed by atoms with Crippen molar-refractivity contribution in [3.05, 3.63) is 35.4 Å². The lowest BCUT2D eigenvalue weighted by Crippen LogP contribution is -1.92. The number of benzene rings is 1. The highest BCUT2D eigenvalue weighted by Crippen LogP contribution is 2.21. The fourth-order valence-corrected chi connectivity index (χ4v) is 1.51. The average molecular weight is 147 g/mol. The van der Waals surface area contributed by atoms with Gasteiger partial charge in [-0.3, -0.25) is 0 Å². The van der Waals surface area contributed by atoms with Gasteiger partial charge in [-0.2, -0.15) is 0 Å². The summed E-state index contributed by atoms with van der Waals surface area (Å²) in [6.07, 6.45) is 1.88.